The zero-order valence-corrected chi connectivity index (χ0v) is 11.5. The summed E-state index contributed by atoms with van der Waals surface area (Å²) >= 11 is 0. The van der Waals surface area contributed by atoms with Crippen LogP contribution in [0.15, 0.2) is 54.6 Å². The summed E-state index contributed by atoms with van der Waals surface area (Å²) in [7, 11) is 1.71. The Bertz CT molecular complexity index is 492. The van der Waals surface area contributed by atoms with Crippen molar-refractivity contribution < 1.29 is 4.74 Å². The summed E-state index contributed by atoms with van der Waals surface area (Å²) in [4.78, 5) is 0. The van der Waals surface area contributed by atoms with Crippen molar-refractivity contribution in [1.82, 2.24) is 0 Å². The molecule has 0 aromatic heterocycles. The van der Waals surface area contributed by atoms with Crippen molar-refractivity contribution in [2.75, 3.05) is 7.11 Å². The summed E-state index contributed by atoms with van der Waals surface area (Å²) < 4.78 is 5.58. The molecule has 2 rings (SSSR count). The van der Waals surface area contributed by atoms with Gasteiger partial charge in [-0.1, -0.05) is 61.5 Å². The topological polar surface area (TPSA) is 35.2 Å². The second-order valence-electron chi connectivity index (χ2n) is 4.69. The highest BCUT2D eigenvalue weighted by Gasteiger charge is 2.20. The zero-order chi connectivity index (χ0) is 13.7. The lowest BCUT2D eigenvalue weighted by Gasteiger charge is -2.23. The smallest absolute Gasteiger partial charge is 0.101 e. The number of rotatable bonds is 5. The van der Waals surface area contributed by atoms with E-state index in [0.717, 1.165) is 17.5 Å². The Morgan fingerprint density at radius 1 is 0.947 bits per heavy atom. The van der Waals surface area contributed by atoms with Crippen LogP contribution in [-0.4, -0.2) is 7.11 Å². The van der Waals surface area contributed by atoms with Crippen molar-refractivity contribution in [2.24, 2.45) is 5.73 Å². The molecule has 0 aliphatic carbocycles. The van der Waals surface area contributed by atoms with E-state index in [9.17, 15) is 0 Å². The molecule has 0 saturated carbocycles. The minimum atomic E-state index is -0.154. The van der Waals surface area contributed by atoms with Crippen molar-refractivity contribution in [1.29, 1.82) is 0 Å². The van der Waals surface area contributed by atoms with Gasteiger partial charge in [0.2, 0.25) is 0 Å². The lowest BCUT2D eigenvalue weighted by molar-refractivity contribution is 0.0802. The summed E-state index contributed by atoms with van der Waals surface area (Å²) in [6.45, 7) is 2.15. The summed E-state index contributed by atoms with van der Waals surface area (Å²) in [6.07, 6.45) is 0.927. The van der Waals surface area contributed by atoms with Crippen LogP contribution in [0.3, 0.4) is 0 Å². The fraction of sp³-hybridized carbons (Fsp3) is 0.294. The predicted molar refractivity (Wildman–Crippen MR) is 78.9 cm³/mol. The number of hydrogen-bond donors (Lipinski definition) is 1. The first-order valence-corrected chi connectivity index (χ1v) is 6.68. The van der Waals surface area contributed by atoms with Crippen LogP contribution in [0, 0.1) is 0 Å². The molecule has 0 heterocycles. The maximum atomic E-state index is 6.35. The van der Waals surface area contributed by atoms with E-state index in [1.54, 1.807) is 7.11 Å². The molecule has 2 atom stereocenters. The molecule has 2 aromatic rings. The molecule has 0 bridgehead atoms. The number of methoxy groups -OCH3 is 1. The normalized spacial score (nSPS) is 14.1. The molecule has 2 aromatic carbocycles. The molecule has 0 saturated heterocycles. The van der Waals surface area contributed by atoms with E-state index < -0.39 is 0 Å². The van der Waals surface area contributed by atoms with Crippen molar-refractivity contribution >= 4 is 0 Å². The first-order chi connectivity index (χ1) is 9.26. The van der Waals surface area contributed by atoms with Crippen LogP contribution in [0.25, 0.3) is 0 Å². The molecule has 0 amide bonds. The van der Waals surface area contributed by atoms with Gasteiger partial charge < -0.3 is 10.5 Å². The van der Waals surface area contributed by atoms with Crippen LogP contribution in [0.5, 0.6) is 0 Å². The first kappa shape index (κ1) is 13.8. The lowest BCUT2D eigenvalue weighted by Crippen LogP contribution is -2.21. The standard InChI is InChI=1S/C17H21NO/c1-3-13-9-11-14(12-10-13)16(18)17(19-2)15-7-5-4-6-8-15/h4-12,16-17H,3,18H2,1-2H3. The van der Waals surface area contributed by atoms with Crippen LogP contribution in [0.4, 0.5) is 0 Å². The third-order valence-corrected chi connectivity index (χ3v) is 3.48. The van der Waals surface area contributed by atoms with E-state index in [4.69, 9.17) is 10.5 Å². The average Bonchev–Trinajstić information content (AvgIpc) is 2.49. The molecule has 2 nitrogen and oxygen atoms in total. The largest absolute Gasteiger partial charge is 0.375 e. The highest BCUT2D eigenvalue weighted by atomic mass is 16.5. The van der Waals surface area contributed by atoms with Gasteiger partial charge in [0.25, 0.3) is 0 Å². The molecule has 0 aliphatic rings. The van der Waals surface area contributed by atoms with Gasteiger partial charge in [-0.25, -0.2) is 0 Å². The predicted octanol–water partition coefficient (Wildman–Crippen LogP) is 3.64. The number of benzene rings is 2. The van der Waals surface area contributed by atoms with Crippen LogP contribution >= 0.6 is 0 Å². The van der Waals surface area contributed by atoms with Crippen molar-refractivity contribution in [3.63, 3.8) is 0 Å². The Morgan fingerprint density at radius 3 is 2.11 bits per heavy atom. The van der Waals surface area contributed by atoms with Crippen LogP contribution in [0.2, 0.25) is 0 Å². The second kappa shape index (κ2) is 6.50. The average molecular weight is 255 g/mol. The minimum Gasteiger partial charge on any atom is -0.375 e. The highest BCUT2D eigenvalue weighted by molar-refractivity contribution is 5.28. The molecular weight excluding hydrogens is 234 g/mol. The Morgan fingerprint density at radius 2 is 1.58 bits per heavy atom. The number of ether oxygens (including phenoxy) is 1. The second-order valence-corrected chi connectivity index (χ2v) is 4.69. The van der Waals surface area contributed by atoms with Gasteiger partial charge in [0, 0.05) is 7.11 Å². The molecule has 0 radical (unpaired) electrons. The van der Waals surface area contributed by atoms with Crippen molar-refractivity contribution in [3.8, 4) is 0 Å². The van der Waals surface area contributed by atoms with E-state index in [1.807, 2.05) is 18.2 Å². The van der Waals surface area contributed by atoms with Crippen LogP contribution in [-0.2, 0) is 11.2 Å². The molecular formula is C17H21NO. The van der Waals surface area contributed by atoms with E-state index in [1.165, 1.54) is 5.56 Å². The lowest BCUT2D eigenvalue weighted by atomic mass is 9.95. The molecule has 2 heteroatoms. The monoisotopic (exact) mass is 255 g/mol. The molecule has 0 spiro atoms. The first-order valence-electron chi connectivity index (χ1n) is 6.68. The summed E-state index contributed by atoms with van der Waals surface area (Å²) in [6, 6.07) is 18.4. The molecule has 100 valence electrons. The Hall–Kier alpha value is -1.64. The molecule has 2 N–H and O–H groups in total. The molecule has 0 aliphatic heterocycles. The minimum absolute atomic E-state index is 0.117. The number of nitrogens with two attached hydrogens (primary N) is 1. The maximum absolute atomic E-state index is 6.35. The van der Waals surface area contributed by atoms with Gasteiger partial charge in [0.05, 0.1) is 6.04 Å². The van der Waals surface area contributed by atoms with Gasteiger partial charge >= 0.3 is 0 Å². The molecule has 19 heavy (non-hydrogen) atoms. The molecule has 2 unspecified atom stereocenters. The van der Waals surface area contributed by atoms with Crippen molar-refractivity contribution in [3.05, 3.63) is 71.3 Å². The van der Waals surface area contributed by atoms with Gasteiger partial charge in [0.1, 0.15) is 6.10 Å². The van der Waals surface area contributed by atoms with E-state index >= 15 is 0 Å². The van der Waals surface area contributed by atoms with Crippen molar-refractivity contribution in [2.45, 2.75) is 25.5 Å². The SMILES string of the molecule is CCc1ccc(C(N)C(OC)c2ccccc2)cc1. The van der Waals surface area contributed by atoms with Gasteiger partial charge in [-0.2, -0.15) is 0 Å². The van der Waals surface area contributed by atoms with Gasteiger partial charge in [-0.05, 0) is 23.1 Å². The zero-order valence-electron chi connectivity index (χ0n) is 11.5. The Kier molecular flexibility index (Phi) is 4.72. The fourth-order valence-corrected chi connectivity index (χ4v) is 2.28. The third-order valence-electron chi connectivity index (χ3n) is 3.48. The Labute approximate surface area is 115 Å². The van der Waals surface area contributed by atoms with Crippen LogP contribution < -0.4 is 5.73 Å². The summed E-state index contributed by atoms with van der Waals surface area (Å²) in [5, 5.41) is 0. The van der Waals surface area contributed by atoms with E-state index in [-0.39, 0.29) is 12.1 Å². The van der Waals surface area contributed by atoms with Gasteiger partial charge in [0.15, 0.2) is 0 Å². The van der Waals surface area contributed by atoms with E-state index in [0.29, 0.717) is 0 Å². The fourth-order valence-electron chi connectivity index (χ4n) is 2.28. The maximum Gasteiger partial charge on any atom is 0.101 e. The van der Waals surface area contributed by atoms with Gasteiger partial charge in [-0.3, -0.25) is 0 Å². The third kappa shape index (κ3) is 3.22. The summed E-state index contributed by atoms with van der Waals surface area (Å²) in [5.41, 5.74) is 9.88. The molecule has 0 fully saturated rings. The van der Waals surface area contributed by atoms with Crippen LogP contribution in [0.1, 0.15) is 35.8 Å². The van der Waals surface area contributed by atoms with E-state index in [2.05, 4.69) is 43.3 Å². The Balaban J connectivity index is 2.22. The number of aryl methyl sites for hydroxylation is 1. The summed E-state index contributed by atoms with van der Waals surface area (Å²) in [5.74, 6) is 0. The quantitative estimate of drug-likeness (QED) is 0.885. The van der Waals surface area contributed by atoms with Gasteiger partial charge in [-0.15, -0.1) is 0 Å². The number of hydrogen-bond acceptors (Lipinski definition) is 2. The highest BCUT2D eigenvalue weighted by Crippen LogP contribution is 2.29.